The lowest BCUT2D eigenvalue weighted by molar-refractivity contribution is 0.660. The van der Waals surface area contributed by atoms with E-state index in [-0.39, 0.29) is 10.8 Å². The molecule has 0 saturated heterocycles. The fourth-order valence-electron chi connectivity index (χ4n) is 20.5. The highest BCUT2D eigenvalue weighted by molar-refractivity contribution is 6.14. The Bertz CT molecular complexity index is 8230. The summed E-state index contributed by atoms with van der Waals surface area (Å²) in [6.07, 6.45) is 0. The molecule has 4 aromatic heterocycles. The molecule has 0 atom stereocenters. The van der Waals surface area contributed by atoms with E-state index >= 15 is 0 Å². The summed E-state index contributed by atoms with van der Waals surface area (Å²) in [6, 6.07) is 159. The third kappa shape index (κ3) is 12.1. The second-order valence-corrected chi connectivity index (χ2v) is 34.7. The van der Waals surface area contributed by atoms with Crippen LogP contribution in [0.5, 0.6) is 0 Å². The molecule has 23 aromatic rings. The van der Waals surface area contributed by atoms with Crippen LogP contribution in [0, 0.1) is 0 Å². The molecule has 25 rings (SSSR count). The molecule has 4 heterocycles. The molecule has 0 amide bonds. The van der Waals surface area contributed by atoms with E-state index in [1.54, 1.807) is 0 Å². The molecular formula is C120H84N4O2. The molecule has 0 spiro atoms. The zero-order valence-electron chi connectivity index (χ0n) is 70.2. The average molecular weight is 1610 g/mol. The number of furan rings is 2. The lowest BCUT2D eigenvalue weighted by Crippen LogP contribution is -2.16. The average Bonchev–Trinajstić information content (AvgIpc) is 1.57. The molecule has 0 saturated carbocycles. The normalized spacial score (nSPS) is 12.9. The molecule has 596 valence electrons. The summed E-state index contributed by atoms with van der Waals surface area (Å²) >= 11 is 0. The van der Waals surface area contributed by atoms with E-state index in [9.17, 15) is 0 Å². The van der Waals surface area contributed by atoms with Gasteiger partial charge < -0.3 is 27.8 Å². The number of hydrogen-bond acceptors (Lipinski definition) is 4. The molecule has 19 aromatic carbocycles. The third-order valence-electron chi connectivity index (χ3n) is 26.8. The van der Waals surface area contributed by atoms with Gasteiger partial charge in [0.1, 0.15) is 16.7 Å². The van der Waals surface area contributed by atoms with Crippen LogP contribution in [0.25, 0.3) is 177 Å². The molecule has 6 nitrogen and oxygen atoms in total. The van der Waals surface area contributed by atoms with Gasteiger partial charge in [-0.15, -0.1) is 0 Å². The lowest BCUT2D eigenvalue weighted by Gasteiger charge is -2.28. The Hall–Kier alpha value is -16.0. The van der Waals surface area contributed by atoms with Crippen LogP contribution in [-0.2, 0) is 10.8 Å². The molecule has 0 N–H and O–H groups in total. The predicted molar refractivity (Wildman–Crippen MR) is 528 cm³/mol. The Morgan fingerprint density at radius 1 is 0.198 bits per heavy atom. The number of rotatable bonds is 13. The minimum Gasteiger partial charge on any atom is -0.456 e. The van der Waals surface area contributed by atoms with Crippen molar-refractivity contribution < 1.29 is 8.83 Å². The number of para-hydroxylation sites is 6. The number of anilines is 6. The first-order chi connectivity index (χ1) is 62.0. The summed E-state index contributed by atoms with van der Waals surface area (Å²) in [6.45, 7) is 9.39. The van der Waals surface area contributed by atoms with E-state index in [4.69, 9.17) is 8.83 Å². The van der Waals surface area contributed by atoms with Crippen LogP contribution in [0.15, 0.2) is 446 Å². The lowest BCUT2D eigenvalue weighted by atomic mass is 9.82. The Morgan fingerprint density at radius 3 is 1.06 bits per heavy atom. The van der Waals surface area contributed by atoms with Crippen LogP contribution in [0.4, 0.5) is 34.1 Å². The maximum absolute atomic E-state index is 6.68. The van der Waals surface area contributed by atoms with Crippen molar-refractivity contribution in [1.29, 1.82) is 0 Å². The van der Waals surface area contributed by atoms with Gasteiger partial charge in [0.15, 0.2) is 5.58 Å². The van der Waals surface area contributed by atoms with Crippen LogP contribution in [0.2, 0.25) is 0 Å². The fraction of sp³-hybridized carbons (Fsp3) is 0.0500. The molecule has 0 unspecified atom stereocenters. The Kier molecular flexibility index (Phi) is 17.2. The summed E-state index contributed by atoms with van der Waals surface area (Å²) in [5, 5.41) is 9.50. The van der Waals surface area contributed by atoms with Crippen LogP contribution in [0.3, 0.4) is 0 Å². The summed E-state index contributed by atoms with van der Waals surface area (Å²) in [5.41, 5.74) is 39.5. The van der Waals surface area contributed by atoms with Gasteiger partial charge >= 0.3 is 0 Å². The monoisotopic (exact) mass is 1610 g/mol. The first-order valence-electron chi connectivity index (χ1n) is 43.6. The van der Waals surface area contributed by atoms with Crippen LogP contribution in [-0.4, -0.2) is 9.13 Å². The summed E-state index contributed by atoms with van der Waals surface area (Å²) < 4.78 is 17.6. The second kappa shape index (κ2) is 29.4. The Labute approximate surface area is 731 Å². The topological polar surface area (TPSA) is 42.6 Å². The highest BCUT2D eigenvalue weighted by atomic mass is 16.3. The van der Waals surface area contributed by atoms with Crippen molar-refractivity contribution in [2.75, 3.05) is 9.80 Å². The quantitative estimate of drug-likeness (QED) is 0.115. The van der Waals surface area contributed by atoms with Gasteiger partial charge in [-0.3, -0.25) is 0 Å². The molecule has 6 heteroatoms. The maximum Gasteiger partial charge on any atom is 0.159 e. The zero-order chi connectivity index (χ0) is 83.9. The molecular weight excluding hydrogens is 1530 g/mol. The zero-order valence-corrected chi connectivity index (χ0v) is 70.2. The molecule has 126 heavy (non-hydrogen) atoms. The largest absolute Gasteiger partial charge is 0.456 e. The minimum atomic E-state index is -0.129. The standard InChI is InChI=1S/C63H44N2O.C57H40N2O/c1-63(2)57-17-9-6-14-51(57)52-35-34-50(40-58(52)63)64(49-32-26-44(27-33-49)46-29-37-62-56(39-46)54-16-8-11-19-61(54)66-62)48-30-24-42(25-31-48)41-20-22-43(23-21-41)45-28-36-60-55(38-45)53-15-7-10-18-59(53)65(60)47-12-4-3-5-13-47;1-57(2)50-19-9-6-15-44(50)45-33-32-43(36-51(45)57)58(54-21-12-18-48-47-17-8-11-22-55(47)60-56(48)54)41-28-25-39(26-29-41)40-27-34-53-49(35-40)46-16-7-10-20-52(46)59(53)42-30-23-38(24-31-42)37-13-4-3-5-14-37/h3-40H,1-2H3;3-36H,1-2H3. The van der Waals surface area contributed by atoms with Gasteiger partial charge in [0.25, 0.3) is 0 Å². The number of fused-ring (bicyclic) bond motifs is 18. The van der Waals surface area contributed by atoms with Crippen LogP contribution in [0.1, 0.15) is 49.9 Å². The Morgan fingerprint density at radius 2 is 0.532 bits per heavy atom. The summed E-state index contributed by atoms with van der Waals surface area (Å²) in [7, 11) is 0. The van der Waals surface area contributed by atoms with Gasteiger partial charge in [-0.25, -0.2) is 0 Å². The van der Waals surface area contributed by atoms with Crippen molar-refractivity contribution in [3.8, 4) is 89.3 Å². The van der Waals surface area contributed by atoms with Gasteiger partial charge in [-0.05, 0) is 252 Å². The number of benzene rings is 19. The first-order valence-corrected chi connectivity index (χ1v) is 43.6. The summed E-state index contributed by atoms with van der Waals surface area (Å²) in [4.78, 5) is 4.77. The van der Waals surface area contributed by atoms with Gasteiger partial charge in [0.2, 0.25) is 0 Å². The molecule has 0 radical (unpaired) electrons. The second-order valence-electron chi connectivity index (χ2n) is 34.7. The fourth-order valence-corrected chi connectivity index (χ4v) is 20.5. The minimum absolute atomic E-state index is 0.115. The van der Waals surface area contributed by atoms with E-state index in [2.05, 4.69) is 465 Å². The van der Waals surface area contributed by atoms with E-state index in [0.29, 0.717) is 0 Å². The van der Waals surface area contributed by atoms with Crippen LogP contribution < -0.4 is 9.80 Å². The van der Waals surface area contributed by atoms with E-state index in [1.807, 2.05) is 18.2 Å². The van der Waals surface area contributed by atoms with Crippen molar-refractivity contribution in [3.63, 3.8) is 0 Å². The molecule has 2 aliphatic carbocycles. The number of hydrogen-bond donors (Lipinski definition) is 0. The van der Waals surface area contributed by atoms with Crippen molar-refractivity contribution in [2.45, 2.75) is 38.5 Å². The Balaban J connectivity index is 0.000000142. The molecule has 2 aliphatic rings. The maximum atomic E-state index is 6.68. The van der Waals surface area contributed by atoms with E-state index < -0.39 is 0 Å². The predicted octanol–water partition coefficient (Wildman–Crippen LogP) is 33.3. The third-order valence-corrected chi connectivity index (χ3v) is 26.8. The molecule has 0 bridgehead atoms. The summed E-state index contributed by atoms with van der Waals surface area (Å²) in [5.74, 6) is 0. The molecule has 0 aliphatic heterocycles. The van der Waals surface area contributed by atoms with Crippen molar-refractivity contribution in [2.24, 2.45) is 0 Å². The smallest absolute Gasteiger partial charge is 0.159 e. The van der Waals surface area contributed by atoms with E-state index in [1.165, 1.54) is 133 Å². The van der Waals surface area contributed by atoms with Crippen LogP contribution >= 0.6 is 0 Å². The number of aromatic nitrogens is 2. The first kappa shape index (κ1) is 73.9. The van der Waals surface area contributed by atoms with Gasteiger partial charge in [-0.1, -0.05) is 313 Å². The van der Waals surface area contributed by atoms with Crippen molar-refractivity contribution >= 4 is 122 Å². The van der Waals surface area contributed by atoms with Gasteiger partial charge in [0, 0.05) is 93.7 Å². The van der Waals surface area contributed by atoms with Gasteiger partial charge in [-0.2, -0.15) is 0 Å². The molecule has 0 fully saturated rings. The van der Waals surface area contributed by atoms with Crippen molar-refractivity contribution in [1.82, 2.24) is 9.13 Å². The SMILES string of the molecule is CC1(C)c2ccccc2-c2ccc(N(c3ccc(-c4ccc(-c5ccc6c(c5)c5ccccc5n6-c5ccccc5)cc4)cc3)c3ccc(-c4ccc5oc6ccccc6c5c4)cc3)cc21.CC1(C)c2ccccc2-c2ccc(N(c3ccc(-c4ccc5c(c4)c4ccccc4n5-c4ccc(-c5ccccc5)cc4)cc3)c3cccc4c3oc3ccccc34)cc21. The van der Waals surface area contributed by atoms with Crippen molar-refractivity contribution in [3.05, 3.63) is 459 Å². The van der Waals surface area contributed by atoms with Gasteiger partial charge in [0.05, 0.1) is 27.8 Å². The highest BCUT2D eigenvalue weighted by Crippen LogP contribution is 2.54. The highest BCUT2D eigenvalue weighted by Gasteiger charge is 2.38. The van der Waals surface area contributed by atoms with E-state index in [0.717, 1.165) is 100 Å². The number of nitrogens with zero attached hydrogens (tertiary/aromatic N) is 4.